The molecule has 0 amide bonds. The van der Waals surface area contributed by atoms with Crippen LogP contribution in [0.5, 0.6) is 5.75 Å². The fourth-order valence-electron chi connectivity index (χ4n) is 1.21. The van der Waals surface area contributed by atoms with E-state index >= 15 is 0 Å². The maximum atomic E-state index is 11.9. The number of alkyl halides is 3. The second kappa shape index (κ2) is 6.17. The molecule has 0 fully saturated rings. The molecule has 1 unspecified atom stereocenters. The number of benzene rings is 1. The van der Waals surface area contributed by atoms with Gasteiger partial charge in [0.15, 0.2) is 0 Å². The maximum absolute atomic E-state index is 11.9. The lowest BCUT2D eigenvalue weighted by Gasteiger charge is -2.22. The van der Waals surface area contributed by atoms with Crippen LogP contribution in [0.2, 0.25) is 0 Å². The first-order valence-corrected chi connectivity index (χ1v) is 7.16. The Morgan fingerprint density at radius 3 is 2.31 bits per heavy atom. The molecule has 16 heavy (non-hydrogen) atoms. The van der Waals surface area contributed by atoms with Crippen LogP contribution in [0.15, 0.2) is 30.3 Å². The highest BCUT2D eigenvalue weighted by Crippen LogP contribution is 2.43. The number of para-hydroxylation sites is 1. The summed E-state index contributed by atoms with van der Waals surface area (Å²) in [5.41, 5.74) is 0. The predicted molar refractivity (Wildman–Crippen MR) is 75.4 cm³/mol. The van der Waals surface area contributed by atoms with Gasteiger partial charge in [0, 0.05) is 0 Å². The fraction of sp³-hybridized carbons (Fsp3) is 0.364. The predicted octanol–water partition coefficient (Wildman–Crippen LogP) is 4.46. The first-order chi connectivity index (χ1) is 7.45. The second-order valence-corrected chi connectivity index (χ2v) is 10.2. The number of hydrogen-bond acceptors (Lipinski definition) is 2. The van der Waals surface area contributed by atoms with Gasteiger partial charge in [-0.2, -0.15) is 0 Å². The van der Waals surface area contributed by atoms with Gasteiger partial charge in [-0.1, -0.05) is 72.9 Å². The van der Waals surface area contributed by atoms with Crippen molar-refractivity contribution in [1.29, 1.82) is 0 Å². The van der Waals surface area contributed by atoms with Gasteiger partial charge in [-0.05, 0) is 18.6 Å². The van der Waals surface area contributed by atoms with E-state index in [1.165, 1.54) is 0 Å². The van der Waals surface area contributed by atoms with Gasteiger partial charge in [-0.25, -0.2) is 0 Å². The third kappa shape index (κ3) is 4.18. The maximum Gasteiger partial charge on any atom is 0.317 e. The molecule has 0 N–H and O–H groups in total. The monoisotopic (exact) mass is 412 g/mol. The number of carbonyl (C=O) groups excluding carboxylic acids is 1. The molecule has 1 aromatic carbocycles. The van der Waals surface area contributed by atoms with Crippen LogP contribution in [0.1, 0.15) is 13.3 Å². The van der Waals surface area contributed by atoms with Crippen molar-refractivity contribution in [3.05, 3.63) is 30.3 Å². The molecule has 0 saturated heterocycles. The van der Waals surface area contributed by atoms with Crippen LogP contribution in [0, 0.1) is 5.92 Å². The standard InChI is InChI=1S/C11H11Br3O2/c1-2-9(11(12,13)14)10(15)16-8-6-4-3-5-7-8/h3-7,9H,2H2,1H3. The Balaban J connectivity index is 2.71. The Labute approximate surface area is 120 Å². The van der Waals surface area contributed by atoms with Crippen molar-refractivity contribution in [1.82, 2.24) is 0 Å². The van der Waals surface area contributed by atoms with E-state index in [0.717, 1.165) is 0 Å². The fourth-order valence-corrected chi connectivity index (χ4v) is 2.74. The molecule has 0 heterocycles. The zero-order chi connectivity index (χ0) is 12.2. The first-order valence-electron chi connectivity index (χ1n) is 4.78. The lowest BCUT2D eigenvalue weighted by molar-refractivity contribution is -0.138. The van der Waals surface area contributed by atoms with E-state index in [1.807, 2.05) is 25.1 Å². The summed E-state index contributed by atoms with van der Waals surface area (Å²) < 4.78 is 4.65. The molecule has 1 atom stereocenters. The highest BCUT2D eigenvalue weighted by molar-refractivity contribution is 9.39. The molecule has 88 valence electrons. The summed E-state index contributed by atoms with van der Waals surface area (Å²) in [5, 5.41) is 0. The number of hydrogen-bond donors (Lipinski definition) is 0. The minimum absolute atomic E-state index is 0.278. The normalized spacial score (nSPS) is 13.2. The highest BCUT2D eigenvalue weighted by atomic mass is 80.0. The summed E-state index contributed by atoms with van der Waals surface area (Å²) in [7, 11) is 0. The van der Waals surface area contributed by atoms with Crippen LogP contribution in [0.4, 0.5) is 0 Å². The zero-order valence-electron chi connectivity index (χ0n) is 8.62. The summed E-state index contributed by atoms with van der Waals surface area (Å²) in [6.07, 6.45) is 0.660. The van der Waals surface area contributed by atoms with E-state index in [0.29, 0.717) is 12.2 Å². The Bertz CT molecular complexity index is 346. The van der Waals surface area contributed by atoms with Gasteiger partial charge in [-0.3, -0.25) is 4.79 Å². The van der Waals surface area contributed by atoms with Crippen LogP contribution in [0.3, 0.4) is 0 Å². The average Bonchev–Trinajstić information content (AvgIpc) is 2.17. The second-order valence-electron chi connectivity index (χ2n) is 3.24. The first kappa shape index (κ1) is 14.2. The topological polar surface area (TPSA) is 26.3 Å². The van der Waals surface area contributed by atoms with Crippen molar-refractivity contribution >= 4 is 53.8 Å². The van der Waals surface area contributed by atoms with Crippen molar-refractivity contribution < 1.29 is 9.53 Å². The van der Waals surface area contributed by atoms with E-state index < -0.39 is 2.14 Å². The van der Waals surface area contributed by atoms with Crippen LogP contribution >= 0.6 is 47.8 Å². The van der Waals surface area contributed by atoms with Gasteiger partial charge in [-0.15, -0.1) is 0 Å². The van der Waals surface area contributed by atoms with Crippen LogP contribution in [-0.2, 0) is 4.79 Å². The Kier molecular flexibility index (Phi) is 5.47. The Hall–Kier alpha value is 0.130. The van der Waals surface area contributed by atoms with Gasteiger partial charge >= 0.3 is 5.97 Å². The van der Waals surface area contributed by atoms with Gasteiger partial charge < -0.3 is 4.74 Å². The SMILES string of the molecule is CCC(C(=O)Oc1ccccc1)C(Br)(Br)Br. The molecule has 0 saturated carbocycles. The van der Waals surface area contributed by atoms with E-state index in [4.69, 9.17) is 4.74 Å². The smallest absolute Gasteiger partial charge is 0.317 e. The van der Waals surface area contributed by atoms with E-state index in [-0.39, 0.29) is 11.9 Å². The minimum atomic E-state index is -0.617. The molecule has 0 aromatic heterocycles. The number of halogens is 3. The van der Waals surface area contributed by atoms with Gasteiger partial charge in [0.25, 0.3) is 0 Å². The van der Waals surface area contributed by atoms with Crippen LogP contribution < -0.4 is 4.74 Å². The molecule has 0 aliphatic heterocycles. The Morgan fingerprint density at radius 2 is 1.88 bits per heavy atom. The average molecular weight is 415 g/mol. The van der Waals surface area contributed by atoms with Crippen LogP contribution in [-0.4, -0.2) is 8.11 Å². The molecule has 0 spiro atoms. The van der Waals surface area contributed by atoms with Crippen molar-refractivity contribution in [2.45, 2.75) is 15.5 Å². The largest absolute Gasteiger partial charge is 0.426 e. The van der Waals surface area contributed by atoms with Crippen molar-refractivity contribution in [2.75, 3.05) is 0 Å². The molecule has 1 rings (SSSR count). The van der Waals surface area contributed by atoms with Crippen molar-refractivity contribution in [2.24, 2.45) is 5.92 Å². The molecule has 5 heteroatoms. The lowest BCUT2D eigenvalue weighted by atomic mass is 10.1. The third-order valence-electron chi connectivity index (χ3n) is 2.05. The lowest BCUT2D eigenvalue weighted by Crippen LogP contribution is -2.29. The summed E-state index contributed by atoms with van der Waals surface area (Å²) in [6, 6.07) is 9.03. The molecular weight excluding hydrogens is 404 g/mol. The quantitative estimate of drug-likeness (QED) is 0.415. The molecule has 0 aliphatic rings. The minimum Gasteiger partial charge on any atom is -0.426 e. The van der Waals surface area contributed by atoms with Crippen molar-refractivity contribution in [3.63, 3.8) is 0 Å². The number of ether oxygens (including phenoxy) is 1. The molecule has 2 nitrogen and oxygen atoms in total. The number of carbonyl (C=O) groups is 1. The number of rotatable bonds is 3. The summed E-state index contributed by atoms with van der Waals surface area (Å²) >= 11 is 10.1. The van der Waals surface area contributed by atoms with Crippen molar-refractivity contribution in [3.8, 4) is 5.75 Å². The van der Waals surface area contributed by atoms with Crippen LogP contribution in [0.25, 0.3) is 0 Å². The molecule has 0 bridgehead atoms. The highest BCUT2D eigenvalue weighted by Gasteiger charge is 2.36. The summed E-state index contributed by atoms with van der Waals surface area (Å²) in [4.78, 5) is 11.9. The van der Waals surface area contributed by atoms with Gasteiger partial charge in [0.2, 0.25) is 0 Å². The van der Waals surface area contributed by atoms with E-state index in [1.54, 1.807) is 12.1 Å². The van der Waals surface area contributed by atoms with E-state index in [2.05, 4.69) is 47.8 Å². The Morgan fingerprint density at radius 1 is 1.31 bits per heavy atom. The summed E-state index contributed by atoms with van der Waals surface area (Å²) in [6.45, 7) is 1.93. The molecule has 1 aromatic rings. The molecular formula is C11H11Br3O2. The molecule has 0 aliphatic carbocycles. The zero-order valence-corrected chi connectivity index (χ0v) is 13.4. The molecule has 0 radical (unpaired) electrons. The van der Waals surface area contributed by atoms with Gasteiger partial charge in [0.05, 0.1) is 5.92 Å². The van der Waals surface area contributed by atoms with E-state index in [9.17, 15) is 4.79 Å². The third-order valence-corrected chi connectivity index (χ3v) is 3.71. The summed E-state index contributed by atoms with van der Waals surface area (Å²) in [5.74, 6) is -0.0327. The van der Waals surface area contributed by atoms with Gasteiger partial charge in [0.1, 0.15) is 7.89 Å². The number of esters is 1.